The van der Waals surface area contributed by atoms with Gasteiger partial charge in [0.1, 0.15) is 12.4 Å². The maximum Gasteiger partial charge on any atom is 0.231 e. The molecule has 20 heavy (non-hydrogen) atoms. The highest BCUT2D eigenvalue weighted by Crippen LogP contribution is 2.31. The van der Waals surface area contributed by atoms with Gasteiger partial charge in [0.25, 0.3) is 0 Å². The summed E-state index contributed by atoms with van der Waals surface area (Å²) in [5.74, 6) is 0.839. The molecular weight excluding hydrogens is 274 g/mol. The van der Waals surface area contributed by atoms with Crippen LogP contribution < -0.4 is 9.64 Å². The summed E-state index contributed by atoms with van der Waals surface area (Å²) < 4.78 is 5.56. The van der Waals surface area contributed by atoms with Crippen molar-refractivity contribution < 1.29 is 9.53 Å². The zero-order valence-electron chi connectivity index (χ0n) is 10.9. The van der Waals surface area contributed by atoms with Gasteiger partial charge in [0.05, 0.1) is 18.7 Å². The third-order valence-corrected chi connectivity index (χ3v) is 3.55. The van der Waals surface area contributed by atoms with Crippen LogP contribution in [0.25, 0.3) is 0 Å². The third kappa shape index (κ3) is 2.63. The molecule has 2 aromatic carbocycles. The van der Waals surface area contributed by atoms with E-state index in [-0.39, 0.29) is 5.91 Å². The smallest absolute Gasteiger partial charge is 0.231 e. The number of halogens is 1. The molecule has 102 valence electrons. The molecule has 0 unspecified atom stereocenters. The molecule has 4 heteroatoms. The van der Waals surface area contributed by atoms with Gasteiger partial charge < -0.3 is 9.64 Å². The van der Waals surface area contributed by atoms with Gasteiger partial charge in [-0.25, -0.2) is 0 Å². The lowest BCUT2D eigenvalue weighted by Gasteiger charge is -2.29. The molecule has 1 aliphatic rings. The van der Waals surface area contributed by atoms with Crippen molar-refractivity contribution in [2.75, 3.05) is 18.1 Å². The van der Waals surface area contributed by atoms with Crippen molar-refractivity contribution in [3.63, 3.8) is 0 Å². The first-order valence-corrected chi connectivity index (χ1v) is 6.88. The molecule has 0 bridgehead atoms. The number of para-hydroxylation sites is 2. The molecule has 0 aliphatic carbocycles. The van der Waals surface area contributed by atoms with Gasteiger partial charge >= 0.3 is 0 Å². The Balaban J connectivity index is 1.80. The minimum atomic E-state index is 0.0723. The molecule has 0 spiro atoms. The average Bonchev–Trinajstić information content (AvgIpc) is 2.49. The second-order valence-corrected chi connectivity index (χ2v) is 5.10. The fourth-order valence-electron chi connectivity index (χ4n) is 2.30. The number of hydrogen-bond acceptors (Lipinski definition) is 2. The summed E-state index contributed by atoms with van der Waals surface area (Å²) in [6, 6.07) is 15.0. The molecule has 0 N–H and O–H groups in total. The zero-order chi connectivity index (χ0) is 13.9. The number of nitrogens with zero attached hydrogens (tertiary/aromatic N) is 1. The SMILES string of the molecule is O=C(Cc1ccc(Cl)cc1)N1CCOc2ccccc21. The Morgan fingerprint density at radius 1 is 1.15 bits per heavy atom. The third-order valence-electron chi connectivity index (χ3n) is 3.30. The number of amides is 1. The number of anilines is 1. The van der Waals surface area contributed by atoms with Crippen LogP contribution in [0.3, 0.4) is 0 Å². The van der Waals surface area contributed by atoms with E-state index in [9.17, 15) is 4.79 Å². The molecule has 3 rings (SSSR count). The Morgan fingerprint density at radius 2 is 1.90 bits per heavy atom. The summed E-state index contributed by atoms with van der Waals surface area (Å²) in [5, 5.41) is 0.679. The van der Waals surface area contributed by atoms with E-state index in [1.54, 1.807) is 17.0 Å². The molecule has 0 saturated carbocycles. The summed E-state index contributed by atoms with van der Waals surface area (Å²) in [6.45, 7) is 1.12. The molecule has 0 atom stereocenters. The monoisotopic (exact) mass is 287 g/mol. The van der Waals surface area contributed by atoms with Gasteiger partial charge in [0.15, 0.2) is 0 Å². The Hall–Kier alpha value is -2.00. The van der Waals surface area contributed by atoms with Crippen LogP contribution in [0.2, 0.25) is 5.02 Å². The fourth-order valence-corrected chi connectivity index (χ4v) is 2.43. The van der Waals surface area contributed by atoms with Crippen molar-refractivity contribution >= 4 is 23.2 Å². The van der Waals surface area contributed by atoms with Crippen LogP contribution in [-0.4, -0.2) is 19.1 Å². The number of rotatable bonds is 2. The number of fused-ring (bicyclic) bond motifs is 1. The van der Waals surface area contributed by atoms with Gasteiger partial charge in [-0.15, -0.1) is 0 Å². The number of hydrogen-bond donors (Lipinski definition) is 0. The highest BCUT2D eigenvalue weighted by molar-refractivity contribution is 6.30. The first-order valence-electron chi connectivity index (χ1n) is 6.51. The summed E-state index contributed by atoms with van der Waals surface area (Å²) in [4.78, 5) is 14.2. The maximum atomic E-state index is 12.5. The van der Waals surface area contributed by atoms with E-state index in [4.69, 9.17) is 16.3 Å². The Kier molecular flexibility index (Phi) is 3.61. The Labute approximate surface area is 122 Å². The number of carbonyl (C=O) groups is 1. The lowest BCUT2D eigenvalue weighted by Crippen LogP contribution is -2.38. The van der Waals surface area contributed by atoms with Gasteiger partial charge in [-0.1, -0.05) is 35.9 Å². The van der Waals surface area contributed by atoms with Crippen molar-refractivity contribution in [2.24, 2.45) is 0 Å². The molecule has 1 heterocycles. The van der Waals surface area contributed by atoms with E-state index in [1.807, 2.05) is 36.4 Å². The molecule has 1 aliphatic heterocycles. The van der Waals surface area contributed by atoms with Crippen LogP contribution in [0, 0.1) is 0 Å². The Morgan fingerprint density at radius 3 is 2.70 bits per heavy atom. The van der Waals surface area contributed by atoms with E-state index in [0.29, 0.717) is 24.6 Å². The van der Waals surface area contributed by atoms with Gasteiger partial charge in [-0.3, -0.25) is 4.79 Å². The van der Waals surface area contributed by atoms with Crippen LogP contribution in [0.15, 0.2) is 48.5 Å². The lowest BCUT2D eigenvalue weighted by molar-refractivity contribution is -0.118. The lowest BCUT2D eigenvalue weighted by atomic mass is 10.1. The van der Waals surface area contributed by atoms with Crippen LogP contribution in [0.4, 0.5) is 5.69 Å². The van der Waals surface area contributed by atoms with Gasteiger partial charge in [-0.2, -0.15) is 0 Å². The standard InChI is InChI=1S/C16H14ClNO2/c17-13-7-5-12(6-8-13)11-16(19)18-9-10-20-15-4-2-1-3-14(15)18/h1-8H,9-11H2. The molecular formula is C16H14ClNO2. The average molecular weight is 288 g/mol. The fraction of sp³-hybridized carbons (Fsp3) is 0.188. The van der Waals surface area contributed by atoms with Gasteiger partial charge in [0.2, 0.25) is 5.91 Å². The van der Waals surface area contributed by atoms with Gasteiger partial charge in [-0.05, 0) is 29.8 Å². The summed E-state index contributed by atoms with van der Waals surface area (Å²) >= 11 is 5.85. The topological polar surface area (TPSA) is 29.5 Å². The minimum absolute atomic E-state index is 0.0723. The van der Waals surface area contributed by atoms with E-state index in [0.717, 1.165) is 17.0 Å². The number of benzene rings is 2. The molecule has 0 fully saturated rings. The van der Waals surface area contributed by atoms with Crippen molar-refractivity contribution in [1.82, 2.24) is 0 Å². The quantitative estimate of drug-likeness (QED) is 0.848. The Bertz CT molecular complexity index is 625. The molecule has 2 aromatic rings. The molecule has 3 nitrogen and oxygen atoms in total. The number of ether oxygens (including phenoxy) is 1. The molecule has 0 aromatic heterocycles. The summed E-state index contributed by atoms with van der Waals surface area (Å²) in [5.41, 5.74) is 1.81. The molecule has 0 radical (unpaired) electrons. The second kappa shape index (κ2) is 5.55. The van der Waals surface area contributed by atoms with Crippen molar-refractivity contribution in [2.45, 2.75) is 6.42 Å². The van der Waals surface area contributed by atoms with Crippen LogP contribution >= 0.6 is 11.6 Å². The predicted molar refractivity (Wildman–Crippen MR) is 79.4 cm³/mol. The van der Waals surface area contributed by atoms with Gasteiger partial charge in [0, 0.05) is 5.02 Å². The highest BCUT2D eigenvalue weighted by atomic mass is 35.5. The highest BCUT2D eigenvalue weighted by Gasteiger charge is 2.23. The largest absolute Gasteiger partial charge is 0.490 e. The van der Waals surface area contributed by atoms with E-state index in [1.165, 1.54) is 0 Å². The van der Waals surface area contributed by atoms with Crippen molar-refractivity contribution in [1.29, 1.82) is 0 Å². The maximum absolute atomic E-state index is 12.5. The van der Waals surface area contributed by atoms with E-state index < -0.39 is 0 Å². The van der Waals surface area contributed by atoms with E-state index in [2.05, 4.69) is 0 Å². The second-order valence-electron chi connectivity index (χ2n) is 4.66. The molecule has 1 amide bonds. The van der Waals surface area contributed by atoms with Crippen LogP contribution in [0.5, 0.6) is 5.75 Å². The summed E-state index contributed by atoms with van der Waals surface area (Å²) in [6.07, 6.45) is 0.367. The van der Waals surface area contributed by atoms with Crippen LogP contribution in [0.1, 0.15) is 5.56 Å². The van der Waals surface area contributed by atoms with Crippen LogP contribution in [-0.2, 0) is 11.2 Å². The van der Waals surface area contributed by atoms with E-state index >= 15 is 0 Å². The van der Waals surface area contributed by atoms with Crippen molar-refractivity contribution in [3.05, 3.63) is 59.1 Å². The first kappa shape index (κ1) is 13.0. The number of carbonyl (C=O) groups excluding carboxylic acids is 1. The van der Waals surface area contributed by atoms with Crippen molar-refractivity contribution in [3.8, 4) is 5.75 Å². The zero-order valence-corrected chi connectivity index (χ0v) is 11.6. The minimum Gasteiger partial charge on any atom is -0.490 e. The predicted octanol–water partition coefficient (Wildman–Crippen LogP) is 3.31. The summed E-state index contributed by atoms with van der Waals surface area (Å²) in [7, 11) is 0. The molecule has 0 saturated heterocycles. The first-order chi connectivity index (χ1) is 9.74. The normalized spacial score (nSPS) is 13.6.